The van der Waals surface area contributed by atoms with Crippen LogP contribution in [-0.4, -0.2) is 20.0 Å². The number of carbonyl (C=O) groups is 1. The van der Waals surface area contributed by atoms with Crippen LogP contribution in [0.3, 0.4) is 0 Å². The highest BCUT2D eigenvalue weighted by Crippen LogP contribution is 2.34. The Morgan fingerprint density at radius 3 is 2.60 bits per heavy atom. The van der Waals surface area contributed by atoms with Crippen LogP contribution >= 0.6 is 15.9 Å². The van der Waals surface area contributed by atoms with Gasteiger partial charge in [-0.15, -0.1) is 0 Å². The minimum Gasteiger partial charge on any atom is -0.493 e. The third-order valence-electron chi connectivity index (χ3n) is 2.88. The summed E-state index contributed by atoms with van der Waals surface area (Å²) in [6.45, 7) is 0.489. The topological polar surface area (TPSA) is 35.5 Å². The summed E-state index contributed by atoms with van der Waals surface area (Å²) in [7, 11) is 1.56. The molecule has 0 saturated carbocycles. The second-order valence-electron chi connectivity index (χ2n) is 4.23. The van der Waals surface area contributed by atoms with E-state index < -0.39 is 0 Å². The summed E-state index contributed by atoms with van der Waals surface area (Å²) in [5.74, 6) is 1.04. The molecule has 0 aromatic heterocycles. The number of aldehydes is 1. The molecule has 3 nitrogen and oxygen atoms in total. The van der Waals surface area contributed by atoms with E-state index in [1.807, 2.05) is 30.3 Å². The van der Waals surface area contributed by atoms with Gasteiger partial charge in [0.25, 0.3) is 0 Å². The lowest BCUT2D eigenvalue weighted by Crippen LogP contribution is -2.05. The lowest BCUT2D eigenvalue weighted by atomic mass is 10.1. The van der Waals surface area contributed by atoms with Crippen LogP contribution in [0.25, 0.3) is 0 Å². The van der Waals surface area contributed by atoms with Crippen LogP contribution in [0.5, 0.6) is 11.5 Å². The second kappa shape index (κ2) is 7.10. The number of carbonyl (C=O) groups excluding carboxylic acids is 1. The van der Waals surface area contributed by atoms with Crippen LogP contribution in [0.1, 0.15) is 15.9 Å². The highest BCUT2D eigenvalue weighted by molar-refractivity contribution is 9.10. The zero-order valence-corrected chi connectivity index (χ0v) is 12.7. The van der Waals surface area contributed by atoms with Crippen LogP contribution in [-0.2, 0) is 6.42 Å². The van der Waals surface area contributed by atoms with Gasteiger partial charge in [0.05, 0.1) is 19.3 Å². The SMILES string of the molecule is COc1cc(Br)cc(C=O)c1OCCc1ccccc1. The first-order valence-electron chi connectivity index (χ1n) is 6.24. The Morgan fingerprint density at radius 2 is 1.95 bits per heavy atom. The molecular formula is C16H15BrO3. The van der Waals surface area contributed by atoms with Crippen LogP contribution < -0.4 is 9.47 Å². The summed E-state index contributed by atoms with van der Waals surface area (Å²) < 4.78 is 11.8. The van der Waals surface area contributed by atoms with Crippen molar-refractivity contribution >= 4 is 22.2 Å². The molecular weight excluding hydrogens is 320 g/mol. The average Bonchev–Trinajstić information content (AvgIpc) is 2.49. The Labute approximate surface area is 126 Å². The lowest BCUT2D eigenvalue weighted by molar-refractivity contribution is 0.111. The molecule has 2 aromatic rings. The quantitative estimate of drug-likeness (QED) is 0.752. The normalized spacial score (nSPS) is 10.1. The van der Waals surface area contributed by atoms with Gasteiger partial charge in [-0.2, -0.15) is 0 Å². The average molecular weight is 335 g/mol. The molecule has 0 N–H and O–H groups in total. The van der Waals surface area contributed by atoms with Gasteiger partial charge >= 0.3 is 0 Å². The van der Waals surface area contributed by atoms with E-state index in [1.54, 1.807) is 19.2 Å². The Hall–Kier alpha value is -1.81. The molecule has 2 rings (SSSR count). The van der Waals surface area contributed by atoms with Crippen LogP contribution in [0, 0.1) is 0 Å². The fourth-order valence-corrected chi connectivity index (χ4v) is 2.35. The van der Waals surface area contributed by atoms with E-state index in [-0.39, 0.29) is 0 Å². The molecule has 0 fully saturated rings. The molecule has 20 heavy (non-hydrogen) atoms. The predicted octanol–water partition coefficient (Wildman–Crippen LogP) is 3.89. The molecule has 0 unspecified atom stereocenters. The minimum absolute atomic E-state index is 0.476. The highest BCUT2D eigenvalue weighted by Gasteiger charge is 2.12. The second-order valence-corrected chi connectivity index (χ2v) is 5.14. The van der Waals surface area contributed by atoms with Crippen molar-refractivity contribution in [1.29, 1.82) is 0 Å². The van der Waals surface area contributed by atoms with Crippen molar-refractivity contribution in [2.75, 3.05) is 13.7 Å². The standard InChI is InChI=1S/C16H15BrO3/c1-19-15-10-14(17)9-13(11-18)16(15)20-8-7-12-5-3-2-4-6-12/h2-6,9-11H,7-8H2,1H3. The summed E-state index contributed by atoms with van der Waals surface area (Å²) >= 11 is 3.34. The summed E-state index contributed by atoms with van der Waals surface area (Å²) in [6, 6.07) is 13.6. The van der Waals surface area contributed by atoms with E-state index in [1.165, 1.54) is 5.56 Å². The van der Waals surface area contributed by atoms with Gasteiger partial charge in [0, 0.05) is 10.9 Å². The fraction of sp³-hybridized carbons (Fsp3) is 0.188. The van der Waals surface area contributed by atoms with Gasteiger partial charge in [0.1, 0.15) is 0 Å². The van der Waals surface area contributed by atoms with E-state index in [2.05, 4.69) is 15.9 Å². The van der Waals surface area contributed by atoms with Crippen LogP contribution in [0.2, 0.25) is 0 Å². The van der Waals surface area contributed by atoms with Crippen molar-refractivity contribution in [3.8, 4) is 11.5 Å². The van der Waals surface area contributed by atoms with E-state index >= 15 is 0 Å². The molecule has 0 heterocycles. The van der Waals surface area contributed by atoms with Crippen molar-refractivity contribution in [3.05, 3.63) is 58.1 Å². The minimum atomic E-state index is 0.476. The summed E-state index contributed by atoms with van der Waals surface area (Å²) in [6.07, 6.45) is 1.55. The van der Waals surface area contributed by atoms with Gasteiger partial charge in [0.2, 0.25) is 0 Å². The van der Waals surface area contributed by atoms with Crippen molar-refractivity contribution < 1.29 is 14.3 Å². The molecule has 0 atom stereocenters. The number of ether oxygens (including phenoxy) is 2. The number of halogens is 1. The number of methoxy groups -OCH3 is 1. The number of benzene rings is 2. The maximum atomic E-state index is 11.1. The summed E-state index contributed by atoms with van der Waals surface area (Å²) in [5, 5.41) is 0. The predicted molar refractivity (Wildman–Crippen MR) is 81.7 cm³/mol. The fourth-order valence-electron chi connectivity index (χ4n) is 1.90. The van der Waals surface area contributed by atoms with Crippen molar-refractivity contribution in [2.45, 2.75) is 6.42 Å². The zero-order chi connectivity index (χ0) is 14.4. The first-order chi connectivity index (χ1) is 9.74. The van der Waals surface area contributed by atoms with Crippen molar-refractivity contribution in [2.24, 2.45) is 0 Å². The molecule has 0 spiro atoms. The third kappa shape index (κ3) is 3.61. The number of hydrogen-bond donors (Lipinski definition) is 0. The molecule has 0 aliphatic rings. The molecule has 4 heteroatoms. The highest BCUT2D eigenvalue weighted by atomic mass is 79.9. The first kappa shape index (κ1) is 14.6. The lowest BCUT2D eigenvalue weighted by Gasteiger charge is -2.13. The van der Waals surface area contributed by atoms with E-state index in [4.69, 9.17) is 9.47 Å². The van der Waals surface area contributed by atoms with E-state index in [0.29, 0.717) is 23.7 Å². The van der Waals surface area contributed by atoms with E-state index in [0.717, 1.165) is 17.2 Å². The monoisotopic (exact) mass is 334 g/mol. The van der Waals surface area contributed by atoms with Gasteiger partial charge in [-0.05, 0) is 17.7 Å². The molecule has 0 radical (unpaired) electrons. The molecule has 0 saturated heterocycles. The Bertz CT molecular complexity index is 582. The van der Waals surface area contributed by atoms with Gasteiger partial charge in [-0.1, -0.05) is 46.3 Å². The van der Waals surface area contributed by atoms with Gasteiger partial charge in [-0.3, -0.25) is 4.79 Å². The van der Waals surface area contributed by atoms with Crippen LogP contribution in [0.4, 0.5) is 0 Å². The zero-order valence-electron chi connectivity index (χ0n) is 11.1. The number of rotatable bonds is 6. The van der Waals surface area contributed by atoms with Crippen LogP contribution in [0.15, 0.2) is 46.9 Å². The first-order valence-corrected chi connectivity index (χ1v) is 7.03. The smallest absolute Gasteiger partial charge is 0.171 e. The van der Waals surface area contributed by atoms with Gasteiger partial charge in [0.15, 0.2) is 17.8 Å². The number of hydrogen-bond acceptors (Lipinski definition) is 3. The molecule has 0 aliphatic heterocycles. The third-order valence-corrected chi connectivity index (χ3v) is 3.33. The van der Waals surface area contributed by atoms with Gasteiger partial charge < -0.3 is 9.47 Å². The van der Waals surface area contributed by atoms with Crippen molar-refractivity contribution in [1.82, 2.24) is 0 Å². The van der Waals surface area contributed by atoms with E-state index in [9.17, 15) is 4.79 Å². The summed E-state index contributed by atoms with van der Waals surface area (Å²) in [5.41, 5.74) is 1.67. The van der Waals surface area contributed by atoms with Crippen molar-refractivity contribution in [3.63, 3.8) is 0 Å². The summed E-state index contributed by atoms with van der Waals surface area (Å²) in [4.78, 5) is 11.1. The molecule has 104 valence electrons. The molecule has 2 aromatic carbocycles. The molecule has 0 amide bonds. The maximum Gasteiger partial charge on any atom is 0.171 e. The largest absolute Gasteiger partial charge is 0.493 e. The molecule has 0 bridgehead atoms. The molecule has 0 aliphatic carbocycles. The Balaban J connectivity index is 2.10. The maximum absolute atomic E-state index is 11.1. The van der Waals surface area contributed by atoms with Gasteiger partial charge in [-0.25, -0.2) is 0 Å². The Kier molecular flexibility index (Phi) is 5.18. The Morgan fingerprint density at radius 1 is 1.20 bits per heavy atom.